The van der Waals surface area contributed by atoms with E-state index in [0.717, 1.165) is 67.2 Å². The highest BCUT2D eigenvalue weighted by atomic mass is 32.2. The minimum absolute atomic E-state index is 0.345. The summed E-state index contributed by atoms with van der Waals surface area (Å²) in [4.78, 5) is 29.8. The number of nitrogens with zero attached hydrogens (tertiary/aromatic N) is 5. The van der Waals surface area contributed by atoms with Gasteiger partial charge in [-0.05, 0) is 24.8 Å². The fraction of sp³-hybridized carbons (Fsp3) is 0.556. The summed E-state index contributed by atoms with van der Waals surface area (Å²) in [5.74, 6) is 4.00. The van der Waals surface area contributed by atoms with Crippen LogP contribution in [0.2, 0.25) is 0 Å². The van der Waals surface area contributed by atoms with Crippen LogP contribution in [0.4, 0.5) is 5.82 Å². The Morgan fingerprint density at radius 2 is 1.96 bits per heavy atom. The quantitative estimate of drug-likeness (QED) is 0.839. The highest BCUT2D eigenvalue weighted by Crippen LogP contribution is 2.28. The standard InChI is InChI=1S/C18H23N5OS/c24-17(22-7-9-25-10-8-22)11-14-2-5-23(6-3-14)18-15-1-4-19-12-16(15)20-13-21-18/h1,4,12-14H,2-3,5-11H2. The van der Waals surface area contributed by atoms with Gasteiger partial charge >= 0.3 is 0 Å². The van der Waals surface area contributed by atoms with E-state index >= 15 is 0 Å². The van der Waals surface area contributed by atoms with Gasteiger partial charge in [0.1, 0.15) is 12.1 Å². The van der Waals surface area contributed by atoms with E-state index in [4.69, 9.17) is 0 Å². The maximum absolute atomic E-state index is 12.5. The van der Waals surface area contributed by atoms with E-state index < -0.39 is 0 Å². The Hall–Kier alpha value is -1.89. The minimum atomic E-state index is 0.345. The van der Waals surface area contributed by atoms with Gasteiger partial charge in [0.05, 0.1) is 11.7 Å². The van der Waals surface area contributed by atoms with Crippen molar-refractivity contribution >= 4 is 34.4 Å². The number of hydrogen-bond donors (Lipinski definition) is 0. The highest BCUT2D eigenvalue weighted by molar-refractivity contribution is 7.99. The van der Waals surface area contributed by atoms with Gasteiger partial charge in [-0.15, -0.1) is 0 Å². The van der Waals surface area contributed by atoms with E-state index in [1.54, 1.807) is 18.7 Å². The SMILES string of the molecule is O=C(CC1CCN(c2ncnc3cnccc23)CC1)N1CCSCC1. The third-order valence-electron chi connectivity index (χ3n) is 5.16. The van der Waals surface area contributed by atoms with E-state index in [-0.39, 0.29) is 0 Å². The molecule has 0 atom stereocenters. The lowest BCUT2D eigenvalue weighted by Crippen LogP contribution is -2.40. The van der Waals surface area contributed by atoms with Crippen molar-refractivity contribution in [2.45, 2.75) is 19.3 Å². The average Bonchev–Trinajstić information content (AvgIpc) is 2.69. The molecule has 0 aliphatic carbocycles. The zero-order valence-corrected chi connectivity index (χ0v) is 15.1. The van der Waals surface area contributed by atoms with Crippen LogP contribution in [0.5, 0.6) is 0 Å². The van der Waals surface area contributed by atoms with Crippen LogP contribution in [0.15, 0.2) is 24.8 Å². The monoisotopic (exact) mass is 357 g/mol. The molecule has 6 nitrogen and oxygen atoms in total. The molecule has 1 amide bonds. The lowest BCUT2D eigenvalue weighted by molar-refractivity contribution is -0.132. The molecular formula is C18H23N5OS. The first-order valence-electron chi connectivity index (χ1n) is 8.96. The van der Waals surface area contributed by atoms with Crippen LogP contribution < -0.4 is 4.90 Å². The van der Waals surface area contributed by atoms with Crippen LogP contribution >= 0.6 is 11.8 Å². The molecule has 2 aromatic rings. The summed E-state index contributed by atoms with van der Waals surface area (Å²) in [7, 11) is 0. The second-order valence-corrected chi connectivity index (χ2v) is 7.94. The van der Waals surface area contributed by atoms with E-state index in [9.17, 15) is 4.79 Å². The zero-order chi connectivity index (χ0) is 17.1. The van der Waals surface area contributed by atoms with Crippen LogP contribution in [0.1, 0.15) is 19.3 Å². The van der Waals surface area contributed by atoms with Crippen LogP contribution in [0, 0.1) is 5.92 Å². The zero-order valence-electron chi connectivity index (χ0n) is 14.3. The Morgan fingerprint density at radius 3 is 2.76 bits per heavy atom. The van der Waals surface area contributed by atoms with Crippen molar-refractivity contribution in [2.75, 3.05) is 42.6 Å². The van der Waals surface area contributed by atoms with Crippen molar-refractivity contribution < 1.29 is 4.79 Å². The van der Waals surface area contributed by atoms with Gasteiger partial charge < -0.3 is 9.80 Å². The molecular weight excluding hydrogens is 334 g/mol. The summed E-state index contributed by atoms with van der Waals surface area (Å²) in [6.07, 6.45) is 7.98. The molecule has 4 rings (SSSR count). The fourth-order valence-corrected chi connectivity index (χ4v) is 4.59. The summed E-state index contributed by atoms with van der Waals surface area (Å²) in [6.45, 7) is 3.73. The number of pyridine rings is 1. The van der Waals surface area contributed by atoms with E-state index in [1.165, 1.54) is 0 Å². The van der Waals surface area contributed by atoms with Crippen LogP contribution in [-0.2, 0) is 4.79 Å². The fourth-order valence-electron chi connectivity index (χ4n) is 3.68. The largest absolute Gasteiger partial charge is 0.356 e. The number of aromatic nitrogens is 3. The number of hydrogen-bond acceptors (Lipinski definition) is 6. The van der Waals surface area contributed by atoms with Gasteiger partial charge in [-0.1, -0.05) is 0 Å². The molecule has 2 aliphatic heterocycles. The molecule has 2 aromatic heterocycles. The third kappa shape index (κ3) is 3.71. The molecule has 0 saturated carbocycles. The number of carbonyl (C=O) groups is 1. The van der Waals surface area contributed by atoms with E-state index in [1.807, 2.05) is 22.7 Å². The van der Waals surface area contributed by atoms with Crippen LogP contribution in [0.25, 0.3) is 10.9 Å². The molecule has 0 aromatic carbocycles. The molecule has 0 N–H and O–H groups in total. The Morgan fingerprint density at radius 1 is 1.16 bits per heavy atom. The van der Waals surface area contributed by atoms with E-state index in [2.05, 4.69) is 19.9 Å². The number of amides is 1. The van der Waals surface area contributed by atoms with Gasteiger partial charge in [-0.3, -0.25) is 9.78 Å². The summed E-state index contributed by atoms with van der Waals surface area (Å²) in [5, 5.41) is 1.05. The van der Waals surface area contributed by atoms with Crippen molar-refractivity contribution in [3.63, 3.8) is 0 Å². The van der Waals surface area contributed by atoms with Crippen molar-refractivity contribution in [3.05, 3.63) is 24.8 Å². The number of anilines is 1. The lowest BCUT2D eigenvalue weighted by Gasteiger charge is -2.34. The Balaban J connectivity index is 1.37. The summed E-state index contributed by atoms with van der Waals surface area (Å²) < 4.78 is 0. The van der Waals surface area contributed by atoms with Crippen molar-refractivity contribution in [1.29, 1.82) is 0 Å². The molecule has 25 heavy (non-hydrogen) atoms. The highest BCUT2D eigenvalue weighted by Gasteiger charge is 2.26. The molecule has 7 heteroatoms. The third-order valence-corrected chi connectivity index (χ3v) is 6.10. The Bertz CT molecular complexity index is 736. The average molecular weight is 357 g/mol. The van der Waals surface area contributed by atoms with Crippen LogP contribution in [-0.4, -0.2) is 63.4 Å². The Kier molecular flexibility index (Phi) is 5.01. The molecule has 4 heterocycles. The number of rotatable bonds is 3. The predicted molar refractivity (Wildman–Crippen MR) is 101 cm³/mol. The van der Waals surface area contributed by atoms with Gasteiger partial charge in [0.25, 0.3) is 0 Å². The van der Waals surface area contributed by atoms with Gasteiger partial charge in [-0.2, -0.15) is 11.8 Å². The minimum Gasteiger partial charge on any atom is -0.356 e. The van der Waals surface area contributed by atoms with E-state index in [0.29, 0.717) is 18.2 Å². The molecule has 0 spiro atoms. The summed E-state index contributed by atoms with van der Waals surface area (Å²) in [6, 6.07) is 1.98. The normalized spacial score (nSPS) is 19.4. The first kappa shape index (κ1) is 16.6. The molecule has 2 fully saturated rings. The van der Waals surface area contributed by atoms with Gasteiger partial charge in [0, 0.05) is 55.7 Å². The van der Waals surface area contributed by atoms with Crippen molar-refractivity contribution in [3.8, 4) is 0 Å². The number of fused-ring (bicyclic) bond motifs is 1. The molecule has 132 valence electrons. The van der Waals surface area contributed by atoms with Crippen molar-refractivity contribution in [1.82, 2.24) is 19.9 Å². The second-order valence-electron chi connectivity index (χ2n) is 6.72. The van der Waals surface area contributed by atoms with Gasteiger partial charge in [0.15, 0.2) is 0 Å². The molecule has 0 bridgehead atoms. The second kappa shape index (κ2) is 7.56. The van der Waals surface area contributed by atoms with Gasteiger partial charge in [0.2, 0.25) is 5.91 Å². The smallest absolute Gasteiger partial charge is 0.222 e. The molecule has 0 radical (unpaired) electrons. The van der Waals surface area contributed by atoms with Crippen molar-refractivity contribution in [2.24, 2.45) is 5.92 Å². The molecule has 0 unspecified atom stereocenters. The van der Waals surface area contributed by atoms with Crippen LogP contribution in [0.3, 0.4) is 0 Å². The number of piperidine rings is 1. The first-order valence-corrected chi connectivity index (χ1v) is 10.1. The maximum atomic E-state index is 12.5. The molecule has 2 saturated heterocycles. The predicted octanol–water partition coefficient (Wildman–Crippen LogP) is 2.21. The summed E-state index contributed by atoms with van der Waals surface area (Å²) in [5.41, 5.74) is 0.882. The first-order chi connectivity index (χ1) is 12.3. The molecule has 2 aliphatic rings. The maximum Gasteiger partial charge on any atom is 0.222 e. The number of thioether (sulfide) groups is 1. The van der Waals surface area contributed by atoms with Gasteiger partial charge in [-0.25, -0.2) is 9.97 Å². The summed E-state index contributed by atoms with van der Waals surface area (Å²) >= 11 is 1.94. The Labute approximate surface area is 152 Å². The number of carbonyl (C=O) groups excluding carboxylic acids is 1. The lowest BCUT2D eigenvalue weighted by atomic mass is 9.92. The topological polar surface area (TPSA) is 62.2 Å².